The predicted octanol–water partition coefficient (Wildman–Crippen LogP) is 2.58. The number of pyridine rings is 1. The zero-order valence-electron chi connectivity index (χ0n) is 32.3. The number of hydrogen-bond donors (Lipinski definition) is 2. The third kappa shape index (κ3) is 4.16. The molecule has 3 rings (SSSR count). The van der Waals surface area contributed by atoms with E-state index in [9.17, 15) is 14.7 Å². The van der Waals surface area contributed by atoms with Crippen molar-refractivity contribution in [1.29, 1.82) is 0 Å². The molecule has 0 radical (unpaired) electrons. The average molecular weight is 390 g/mol. The number of rotatable bonds is 6. The Balaban J connectivity index is 2.10. The van der Waals surface area contributed by atoms with Gasteiger partial charge in [-0.15, -0.1) is 0 Å². The number of carbonyl (C=O) groups excluding carboxylic acids is 1. The molecular weight excluding hydrogens is 342 g/mol. The minimum absolute atomic E-state index is 0.0233. The van der Waals surface area contributed by atoms with Crippen molar-refractivity contribution in [2.75, 3.05) is 26.1 Å². The quantitative estimate of drug-likeness (QED) is 0.796. The second-order valence-corrected chi connectivity index (χ2v) is 5.57. The number of nitrogens with one attached hydrogen (secondary N) is 1. The molecule has 1 amide bonds. The molecule has 2 heterocycles. The fourth-order valence-corrected chi connectivity index (χ4v) is 2.50. The molecule has 0 spiro atoms. The van der Waals surface area contributed by atoms with Crippen molar-refractivity contribution in [1.82, 2.24) is 14.8 Å². The number of likely N-dealkylation sites (tertiary alicyclic amines) is 1. The van der Waals surface area contributed by atoms with Crippen molar-refractivity contribution in [3.8, 4) is 5.75 Å². The molecule has 6 nitrogen and oxygen atoms in total. The summed E-state index contributed by atoms with van der Waals surface area (Å²) in [5.74, 6) is -5.80. The molecule has 2 aromatic rings. The molecule has 2 atom stereocenters. The van der Waals surface area contributed by atoms with Gasteiger partial charge in [0, 0.05) is 42.7 Å². The van der Waals surface area contributed by atoms with E-state index < -0.39 is 122 Å². The number of fused-ring (bicyclic) bond motifs is 1. The van der Waals surface area contributed by atoms with E-state index in [1.165, 1.54) is 0 Å². The Hall–Kier alpha value is -2.34. The number of aromatic nitrogens is 1. The second kappa shape index (κ2) is 8.57. The monoisotopic (exact) mass is 389 g/mol. The summed E-state index contributed by atoms with van der Waals surface area (Å²) in [5, 5.41) is 9.97. The molecular formula is C21H29N3O3. The molecule has 1 aliphatic rings. The van der Waals surface area contributed by atoms with Crippen LogP contribution < -0.4 is 10.9 Å². The van der Waals surface area contributed by atoms with Crippen LogP contribution in [-0.4, -0.2) is 46.6 Å². The molecule has 2 unspecified atom stereocenters. The zero-order valence-corrected chi connectivity index (χ0v) is 14.3. The molecule has 1 fully saturated rings. The van der Waals surface area contributed by atoms with Gasteiger partial charge in [-0.25, -0.2) is 0 Å². The van der Waals surface area contributed by atoms with E-state index in [0.717, 1.165) is 6.92 Å². The fourth-order valence-electron chi connectivity index (χ4n) is 2.50. The van der Waals surface area contributed by atoms with E-state index in [1.807, 2.05) is 0 Å². The van der Waals surface area contributed by atoms with Crippen molar-refractivity contribution in [2.45, 2.75) is 39.4 Å². The summed E-state index contributed by atoms with van der Waals surface area (Å²) in [6, 6.07) is -4.13. The summed E-state index contributed by atoms with van der Waals surface area (Å²) >= 11 is 0. The Labute approximate surface area is 185 Å². The Morgan fingerprint density at radius 3 is 3.22 bits per heavy atom. The van der Waals surface area contributed by atoms with E-state index in [2.05, 4.69) is 0 Å². The number of aromatic hydroxyl groups is 1. The Kier molecular flexibility index (Phi) is 2.20. The fraction of sp³-hybridized carbons (Fsp3) is 0.524. The van der Waals surface area contributed by atoms with Gasteiger partial charge in [-0.3, -0.25) is 9.59 Å². The molecule has 27 heavy (non-hydrogen) atoms. The van der Waals surface area contributed by atoms with Gasteiger partial charge >= 0.3 is 0 Å². The van der Waals surface area contributed by atoms with E-state index in [1.54, 1.807) is 0 Å². The smallest absolute Gasteiger partial charge is 0.267 e. The van der Waals surface area contributed by atoms with Crippen molar-refractivity contribution in [2.24, 2.45) is 5.89 Å². The summed E-state index contributed by atoms with van der Waals surface area (Å²) < 4.78 is 144. The van der Waals surface area contributed by atoms with Gasteiger partial charge in [0.25, 0.3) is 11.5 Å². The maximum atomic E-state index is 13.5. The van der Waals surface area contributed by atoms with Crippen LogP contribution in [-0.2, 0) is 6.50 Å². The first-order chi connectivity index (χ1) is 20.0. The summed E-state index contributed by atoms with van der Waals surface area (Å²) in [7, 11) is 0. The maximum Gasteiger partial charge on any atom is 0.267 e. The summed E-state index contributed by atoms with van der Waals surface area (Å²) in [6.45, 7) is -13.0. The number of benzene rings is 1. The lowest BCUT2D eigenvalue weighted by Gasteiger charge is -2.30. The number of hydrogen-bond acceptors (Lipinski definition) is 4. The van der Waals surface area contributed by atoms with Crippen LogP contribution >= 0.6 is 0 Å². The zero-order chi connectivity index (χ0) is 35.2. The first-order valence-electron chi connectivity index (χ1n) is 17.0. The van der Waals surface area contributed by atoms with Crippen LogP contribution in [0.1, 0.15) is 66.6 Å². The lowest BCUT2D eigenvalue weighted by Crippen LogP contribution is -2.37. The minimum atomic E-state index is -3.70. The van der Waals surface area contributed by atoms with Gasteiger partial charge in [0.2, 0.25) is 0 Å². The van der Waals surface area contributed by atoms with E-state index in [4.69, 9.17) is 24.7 Å². The largest absolute Gasteiger partial charge is 0.506 e. The van der Waals surface area contributed by atoms with Gasteiger partial charge in [0.15, 0.2) is 1.41 Å². The molecule has 0 bridgehead atoms. The van der Waals surface area contributed by atoms with Gasteiger partial charge in [-0.1, -0.05) is 19.0 Å². The highest BCUT2D eigenvalue weighted by Crippen LogP contribution is 2.26. The maximum absolute atomic E-state index is 13.5. The molecule has 1 aromatic heterocycles. The normalized spacial score (nSPS) is 39.7. The minimum Gasteiger partial charge on any atom is -0.506 e. The lowest BCUT2D eigenvalue weighted by molar-refractivity contribution is 0.0945. The Morgan fingerprint density at radius 2 is 2.41 bits per heavy atom. The molecule has 1 saturated heterocycles. The molecule has 1 aromatic carbocycles. The van der Waals surface area contributed by atoms with Crippen molar-refractivity contribution in [3.05, 3.63) is 40.1 Å². The van der Waals surface area contributed by atoms with E-state index >= 15 is 0 Å². The molecule has 6 heteroatoms. The molecule has 1 aliphatic heterocycles. The SMILES string of the molecule is [2H]c1c([2H])c([2H])c2c(c1[2H])c(O)c(C(=O)N([2H])CCCN1C([2H])C([2H])([2H])C([2H])([2H])C([2H])(C)C1([2H])[2H])c(=O)n2C([2H])([2H])C([2H])([2H])[2H]. The summed E-state index contributed by atoms with van der Waals surface area (Å²) in [4.78, 5) is 27.4. The molecule has 146 valence electrons. The molecule has 0 aliphatic carbocycles. The number of para-hydroxylation sites is 1. The summed E-state index contributed by atoms with van der Waals surface area (Å²) in [5.41, 5.74) is -4.31. The third-order valence-corrected chi connectivity index (χ3v) is 3.71. The highest BCUT2D eigenvalue weighted by molar-refractivity contribution is 6.02. The highest BCUT2D eigenvalue weighted by atomic mass is 16.3. The van der Waals surface area contributed by atoms with Crippen LogP contribution in [0.4, 0.5) is 0 Å². The summed E-state index contributed by atoms with van der Waals surface area (Å²) in [6.07, 6.45) is -6.61. The van der Waals surface area contributed by atoms with Gasteiger partial charge in [0.1, 0.15) is 11.3 Å². The van der Waals surface area contributed by atoms with Crippen LogP contribution in [0.15, 0.2) is 29.0 Å². The van der Waals surface area contributed by atoms with Crippen LogP contribution in [0.3, 0.4) is 0 Å². The van der Waals surface area contributed by atoms with Crippen LogP contribution in [0.2, 0.25) is 1.41 Å². The van der Waals surface area contributed by atoms with Gasteiger partial charge in [-0.2, -0.15) is 0 Å². The lowest BCUT2D eigenvalue weighted by atomic mass is 10.0. The van der Waals surface area contributed by atoms with Crippen molar-refractivity contribution < 1.29 is 34.6 Å². The van der Waals surface area contributed by atoms with Gasteiger partial charge in [0.05, 0.1) is 11.0 Å². The van der Waals surface area contributed by atoms with E-state index in [-0.39, 0.29) is 9.88 Å². The third-order valence-electron chi connectivity index (χ3n) is 3.71. The number of piperidine rings is 1. The first-order valence-corrected chi connectivity index (χ1v) is 7.93. The van der Waals surface area contributed by atoms with E-state index in [0.29, 0.717) is 4.90 Å². The topological polar surface area (TPSA) is 74.6 Å². The molecule has 2 N–H and O–H groups in total. The first kappa shape index (κ1) is 6.92. The van der Waals surface area contributed by atoms with Crippen molar-refractivity contribution in [3.63, 3.8) is 0 Å². The number of nitrogens with zero attached hydrogens (tertiary/aromatic N) is 2. The number of amides is 1. The highest BCUT2D eigenvalue weighted by Gasteiger charge is 2.21. The predicted molar refractivity (Wildman–Crippen MR) is 107 cm³/mol. The van der Waals surface area contributed by atoms with Gasteiger partial charge in [-0.05, 0) is 57.1 Å². The van der Waals surface area contributed by atoms with Crippen molar-refractivity contribution >= 4 is 16.8 Å². The Bertz CT molecular complexity index is 1600. The standard InChI is InChI=1S/C21H29N3O3/c1-3-24-17-10-5-4-9-16(17)19(25)18(21(24)27)20(26)22-11-7-13-23-12-6-8-15(2)14-23/h4-5,9-10,15,25H,3,6-8,11-14H2,1-2H3,(H,22,26)/i1D3,3D2,4D,5D,6D2,8D2,9D,10D,12D,14D2,15D/hD. The number of aryl methyl sites for hydroxylation is 1. The van der Waals surface area contributed by atoms with Crippen LogP contribution in [0, 0.1) is 5.89 Å². The van der Waals surface area contributed by atoms with Crippen LogP contribution in [0.5, 0.6) is 5.75 Å². The van der Waals surface area contributed by atoms with Crippen LogP contribution in [0.25, 0.3) is 10.9 Å². The average Bonchev–Trinajstić information content (AvgIpc) is 2.90. The number of carbonyl (C=O) groups is 1. The van der Waals surface area contributed by atoms with Gasteiger partial charge < -0.3 is 19.9 Å². The second-order valence-electron chi connectivity index (χ2n) is 5.57. The Morgan fingerprint density at radius 1 is 1.59 bits per heavy atom. The molecule has 0 saturated carbocycles.